The van der Waals surface area contributed by atoms with E-state index in [4.69, 9.17) is 11.6 Å². The summed E-state index contributed by atoms with van der Waals surface area (Å²) in [5.41, 5.74) is 3.89. The molecular formula is C19H16ClFN8S. The van der Waals surface area contributed by atoms with E-state index in [-0.39, 0.29) is 25.4 Å². The summed E-state index contributed by atoms with van der Waals surface area (Å²) in [6.45, 7) is 1.96. The van der Waals surface area contributed by atoms with E-state index in [1.807, 2.05) is 13.0 Å². The fourth-order valence-electron chi connectivity index (χ4n) is 3.25. The Morgan fingerprint density at radius 3 is 2.87 bits per heavy atom. The number of hydrogen-bond donors (Lipinski definition) is 2. The number of nitrogens with one attached hydrogen (secondary N) is 2. The number of anilines is 1. The van der Waals surface area contributed by atoms with Crippen LogP contribution in [-0.4, -0.2) is 34.5 Å². The number of aromatic nitrogens is 7. The minimum atomic E-state index is -0.345. The molecule has 0 saturated carbocycles. The molecule has 11 heteroatoms. The van der Waals surface area contributed by atoms with E-state index in [9.17, 15) is 4.39 Å². The highest BCUT2D eigenvalue weighted by Gasteiger charge is 2.19. The van der Waals surface area contributed by atoms with Crippen LogP contribution in [0.1, 0.15) is 18.5 Å². The second-order valence-electron chi connectivity index (χ2n) is 6.50. The fraction of sp³-hybridized carbons (Fsp3) is 0.105. The van der Waals surface area contributed by atoms with Gasteiger partial charge in [0.2, 0.25) is 0 Å². The number of rotatable bonds is 4. The number of halogens is 2. The smallest absolute Gasteiger partial charge is 0.182 e. The zero-order chi connectivity index (χ0) is 20.0. The highest BCUT2D eigenvalue weighted by Crippen LogP contribution is 2.31. The van der Waals surface area contributed by atoms with Crippen molar-refractivity contribution in [2.75, 3.05) is 5.32 Å². The Balaban J connectivity index is 0.00000218. The van der Waals surface area contributed by atoms with Crippen LogP contribution in [-0.2, 0) is 0 Å². The lowest BCUT2D eigenvalue weighted by Gasteiger charge is -2.18. The molecule has 0 aliphatic carbocycles. The highest BCUT2D eigenvalue weighted by atomic mass is 35.5. The van der Waals surface area contributed by atoms with Crippen LogP contribution < -0.4 is 5.32 Å². The van der Waals surface area contributed by atoms with Crippen LogP contribution in [0.4, 0.5) is 10.2 Å². The van der Waals surface area contributed by atoms with Crippen molar-refractivity contribution in [3.8, 4) is 11.3 Å². The minimum Gasteiger partial charge on any atom is -0.362 e. The van der Waals surface area contributed by atoms with Crippen LogP contribution in [0.3, 0.4) is 0 Å². The van der Waals surface area contributed by atoms with Crippen LogP contribution in [0.5, 0.6) is 0 Å². The Morgan fingerprint density at radius 2 is 2.03 bits per heavy atom. The van der Waals surface area contributed by atoms with Gasteiger partial charge in [0.1, 0.15) is 17.7 Å². The second kappa shape index (κ2) is 7.88. The standard InChI is InChI=1S/C19H14ClFN8.H2S/c1-10(27-19-17-18(24-8-23-17)25-9-26-19)13-6-15-22-7-14(20)29(15)28-16(13)11-3-2-4-12(21)5-11;/h2-10H,1H3,(H2,23,24,25,26,27);1H2/t10-;/m0./s1. The van der Waals surface area contributed by atoms with Gasteiger partial charge in [0.05, 0.1) is 24.3 Å². The molecule has 0 saturated heterocycles. The largest absolute Gasteiger partial charge is 0.362 e. The summed E-state index contributed by atoms with van der Waals surface area (Å²) < 4.78 is 15.4. The first-order chi connectivity index (χ1) is 14.1. The number of fused-ring (bicyclic) bond motifs is 2. The number of imidazole rings is 2. The van der Waals surface area contributed by atoms with Crippen LogP contribution in [0.25, 0.3) is 28.1 Å². The van der Waals surface area contributed by atoms with Crippen LogP contribution in [0, 0.1) is 5.82 Å². The zero-order valence-corrected chi connectivity index (χ0v) is 17.4. The Morgan fingerprint density at radius 1 is 1.17 bits per heavy atom. The second-order valence-corrected chi connectivity index (χ2v) is 6.89. The Kier molecular flexibility index (Phi) is 5.27. The van der Waals surface area contributed by atoms with Crippen molar-refractivity contribution in [1.82, 2.24) is 34.5 Å². The lowest BCUT2D eigenvalue weighted by molar-refractivity contribution is 0.628. The topological polar surface area (TPSA) is 96.7 Å². The molecule has 30 heavy (non-hydrogen) atoms. The third-order valence-corrected chi connectivity index (χ3v) is 4.88. The van der Waals surface area contributed by atoms with E-state index in [2.05, 4.69) is 35.3 Å². The maximum atomic E-state index is 13.9. The molecule has 0 unspecified atom stereocenters. The molecule has 0 fully saturated rings. The van der Waals surface area contributed by atoms with Gasteiger partial charge in [-0.2, -0.15) is 18.6 Å². The van der Waals surface area contributed by atoms with Gasteiger partial charge in [-0.15, -0.1) is 0 Å². The Hall–Kier alpha value is -3.24. The lowest BCUT2D eigenvalue weighted by atomic mass is 10.0. The Bertz CT molecular complexity index is 1350. The van der Waals surface area contributed by atoms with Gasteiger partial charge in [-0.3, -0.25) is 0 Å². The minimum absolute atomic E-state index is 0. The summed E-state index contributed by atoms with van der Waals surface area (Å²) >= 11 is 6.20. The predicted octanol–water partition coefficient (Wildman–Crippen LogP) is 4.14. The molecular weight excluding hydrogens is 427 g/mol. The normalized spacial score (nSPS) is 12.1. The predicted molar refractivity (Wildman–Crippen MR) is 117 cm³/mol. The average Bonchev–Trinajstić information content (AvgIpc) is 3.34. The highest BCUT2D eigenvalue weighted by molar-refractivity contribution is 7.59. The first kappa shape index (κ1) is 20.0. The number of benzene rings is 1. The molecule has 5 aromatic rings. The summed E-state index contributed by atoms with van der Waals surface area (Å²) in [6, 6.07) is 7.92. The SMILES string of the molecule is C[C@H](Nc1ncnc2nc[nH]c12)c1cc2ncc(Cl)n2nc1-c1cccc(F)c1.S. The van der Waals surface area contributed by atoms with Crippen molar-refractivity contribution in [3.63, 3.8) is 0 Å². The van der Waals surface area contributed by atoms with E-state index >= 15 is 0 Å². The van der Waals surface area contributed by atoms with Gasteiger partial charge in [-0.05, 0) is 25.1 Å². The molecule has 0 amide bonds. The van der Waals surface area contributed by atoms with Gasteiger partial charge in [0.15, 0.2) is 22.3 Å². The molecule has 0 spiro atoms. The van der Waals surface area contributed by atoms with E-state index in [1.54, 1.807) is 18.5 Å². The molecule has 5 rings (SSSR count). The first-order valence-electron chi connectivity index (χ1n) is 8.81. The summed E-state index contributed by atoms with van der Waals surface area (Å²) in [5.74, 6) is 0.258. The summed E-state index contributed by atoms with van der Waals surface area (Å²) in [5, 5.41) is 8.36. The van der Waals surface area contributed by atoms with Crippen molar-refractivity contribution >= 4 is 47.7 Å². The molecule has 4 heterocycles. The van der Waals surface area contributed by atoms with Crippen LogP contribution >= 0.6 is 25.1 Å². The number of aromatic amines is 1. The maximum absolute atomic E-state index is 13.9. The van der Waals surface area contributed by atoms with Gasteiger partial charge in [-0.1, -0.05) is 23.7 Å². The fourth-order valence-corrected chi connectivity index (χ4v) is 3.42. The molecule has 8 nitrogen and oxygen atoms in total. The van der Waals surface area contributed by atoms with Crippen molar-refractivity contribution in [3.05, 3.63) is 65.7 Å². The number of nitrogens with zero attached hydrogens (tertiary/aromatic N) is 6. The average molecular weight is 443 g/mol. The van der Waals surface area contributed by atoms with Crippen LogP contribution in [0.15, 0.2) is 49.2 Å². The molecule has 0 aliphatic heterocycles. The monoisotopic (exact) mass is 442 g/mol. The molecule has 0 aliphatic rings. The molecule has 1 atom stereocenters. The number of H-pyrrole nitrogens is 1. The van der Waals surface area contributed by atoms with E-state index < -0.39 is 0 Å². The molecule has 1 aromatic carbocycles. The van der Waals surface area contributed by atoms with E-state index in [1.165, 1.54) is 29.2 Å². The van der Waals surface area contributed by atoms with Gasteiger partial charge < -0.3 is 10.3 Å². The van der Waals surface area contributed by atoms with E-state index in [0.29, 0.717) is 39.0 Å². The lowest BCUT2D eigenvalue weighted by Crippen LogP contribution is -2.12. The molecule has 2 N–H and O–H groups in total. The summed E-state index contributed by atoms with van der Waals surface area (Å²) in [7, 11) is 0. The maximum Gasteiger partial charge on any atom is 0.182 e. The van der Waals surface area contributed by atoms with Gasteiger partial charge in [0.25, 0.3) is 0 Å². The molecule has 0 bridgehead atoms. The first-order valence-corrected chi connectivity index (χ1v) is 9.18. The van der Waals surface area contributed by atoms with Crippen molar-refractivity contribution in [2.45, 2.75) is 13.0 Å². The summed E-state index contributed by atoms with van der Waals surface area (Å²) in [6.07, 6.45) is 4.54. The molecule has 4 aromatic heterocycles. The van der Waals surface area contributed by atoms with Crippen molar-refractivity contribution in [2.24, 2.45) is 0 Å². The van der Waals surface area contributed by atoms with Crippen molar-refractivity contribution in [1.29, 1.82) is 0 Å². The van der Waals surface area contributed by atoms with E-state index in [0.717, 1.165) is 5.56 Å². The third-order valence-electron chi connectivity index (χ3n) is 4.62. The van der Waals surface area contributed by atoms with Gasteiger partial charge in [-0.25, -0.2) is 28.8 Å². The summed E-state index contributed by atoms with van der Waals surface area (Å²) in [4.78, 5) is 19.9. The zero-order valence-electron chi connectivity index (χ0n) is 15.6. The molecule has 0 radical (unpaired) electrons. The Labute approximate surface area is 182 Å². The van der Waals surface area contributed by atoms with Crippen LogP contribution in [0.2, 0.25) is 5.15 Å². The molecule has 152 valence electrons. The van der Waals surface area contributed by atoms with Gasteiger partial charge in [0, 0.05) is 11.1 Å². The third kappa shape index (κ3) is 3.44. The van der Waals surface area contributed by atoms with Crippen molar-refractivity contribution < 1.29 is 4.39 Å². The van der Waals surface area contributed by atoms with Gasteiger partial charge >= 0.3 is 0 Å². The number of hydrogen-bond acceptors (Lipinski definition) is 6. The quantitative estimate of drug-likeness (QED) is 0.434.